The Morgan fingerprint density at radius 3 is 2.54 bits per heavy atom. The van der Waals surface area contributed by atoms with Crippen LogP contribution in [0.1, 0.15) is 63.6 Å². The van der Waals surface area contributed by atoms with Crippen molar-refractivity contribution >= 4 is 5.91 Å². The first-order valence-electron chi connectivity index (χ1n) is 10.1. The van der Waals surface area contributed by atoms with Gasteiger partial charge in [0.1, 0.15) is 0 Å². The maximum absolute atomic E-state index is 13.2. The second kappa shape index (κ2) is 5.50. The fourth-order valence-electron chi connectivity index (χ4n) is 6.77. The van der Waals surface area contributed by atoms with E-state index in [4.69, 9.17) is 4.74 Å². The van der Waals surface area contributed by atoms with Crippen LogP contribution in [0.5, 0.6) is 0 Å². The zero-order valence-corrected chi connectivity index (χ0v) is 15.8. The number of ether oxygens (including phenoxy) is 1. The van der Waals surface area contributed by atoms with E-state index in [0.29, 0.717) is 18.4 Å². The summed E-state index contributed by atoms with van der Waals surface area (Å²) in [5.74, 6) is 2.25. The SMILES string of the molecule is COCC1(C(=O)NC23CC4CC(C2)CC(n2nnc(C)n2)(C4)C3)CCC1. The molecule has 5 aliphatic carbocycles. The molecular weight excluding hydrogens is 330 g/mol. The number of hydrogen-bond acceptors (Lipinski definition) is 5. The number of methoxy groups -OCH3 is 1. The van der Waals surface area contributed by atoms with E-state index >= 15 is 0 Å². The molecule has 26 heavy (non-hydrogen) atoms. The topological polar surface area (TPSA) is 81.9 Å². The van der Waals surface area contributed by atoms with Crippen molar-refractivity contribution in [2.75, 3.05) is 13.7 Å². The quantitative estimate of drug-likeness (QED) is 0.869. The third kappa shape index (κ3) is 2.35. The van der Waals surface area contributed by atoms with Gasteiger partial charge in [-0.3, -0.25) is 4.79 Å². The minimum Gasteiger partial charge on any atom is -0.384 e. The minimum atomic E-state index is -0.298. The van der Waals surface area contributed by atoms with E-state index in [1.807, 2.05) is 11.7 Å². The van der Waals surface area contributed by atoms with Crippen LogP contribution < -0.4 is 5.32 Å². The van der Waals surface area contributed by atoms with Gasteiger partial charge in [0.25, 0.3) is 0 Å². The standard InChI is InChI=1S/C19H29N5O2/c1-13-21-23-24(22-13)19-9-14-6-15(10-19)8-18(7-14,11-19)20-16(25)17(12-26-2)4-3-5-17/h14-15H,3-12H2,1-2H3,(H,20,25). The summed E-state index contributed by atoms with van der Waals surface area (Å²) in [6, 6.07) is 0. The Labute approximate surface area is 154 Å². The predicted molar refractivity (Wildman–Crippen MR) is 94.2 cm³/mol. The van der Waals surface area contributed by atoms with E-state index in [-0.39, 0.29) is 22.4 Å². The van der Waals surface area contributed by atoms with Crippen LogP contribution >= 0.6 is 0 Å². The molecule has 1 heterocycles. The first-order valence-corrected chi connectivity index (χ1v) is 10.1. The van der Waals surface area contributed by atoms with Gasteiger partial charge in [-0.05, 0) is 75.3 Å². The number of tetrazole rings is 1. The van der Waals surface area contributed by atoms with Crippen molar-refractivity contribution in [1.82, 2.24) is 25.5 Å². The van der Waals surface area contributed by atoms with Gasteiger partial charge in [-0.2, -0.15) is 4.80 Å². The van der Waals surface area contributed by atoms with Crippen LogP contribution in [0, 0.1) is 24.2 Å². The van der Waals surface area contributed by atoms with Gasteiger partial charge in [-0.15, -0.1) is 10.2 Å². The largest absolute Gasteiger partial charge is 0.384 e. The van der Waals surface area contributed by atoms with E-state index in [2.05, 4.69) is 20.7 Å². The summed E-state index contributed by atoms with van der Waals surface area (Å²) in [5, 5.41) is 16.6. The molecule has 1 N–H and O–H groups in total. The summed E-state index contributed by atoms with van der Waals surface area (Å²) in [5.41, 5.74) is -0.459. The van der Waals surface area contributed by atoms with Crippen LogP contribution in [-0.2, 0) is 15.1 Å². The summed E-state index contributed by atoms with van der Waals surface area (Å²) < 4.78 is 5.39. The normalized spacial score (nSPS) is 39.6. The van der Waals surface area contributed by atoms with Crippen molar-refractivity contribution < 1.29 is 9.53 Å². The number of carbonyl (C=O) groups is 1. The summed E-state index contributed by atoms with van der Waals surface area (Å²) in [6.07, 6.45) is 9.71. The Kier molecular flexibility index (Phi) is 3.53. The van der Waals surface area contributed by atoms with Crippen LogP contribution in [0.2, 0.25) is 0 Å². The van der Waals surface area contributed by atoms with Crippen molar-refractivity contribution in [2.24, 2.45) is 17.3 Å². The molecule has 2 atom stereocenters. The van der Waals surface area contributed by atoms with Crippen molar-refractivity contribution in [3.05, 3.63) is 5.82 Å². The molecule has 5 saturated carbocycles. The number of amides is 1. The molecule has 1 aromatic heterocycles. The van der Waals surface area contributed by atoms with E-state index in [9.17, 15) is 4.79 Å². The van der Waals surface area contributed by atoms with Crippen LogP contribution in [0.15, 0.2) is 0 Å². The lowest BCUT2D eigenvalue weighted by Crippen LogP contribution is -2.68. The summed E-state index contributed by atoms with van der Waals surface area (Å²) in [7, 11) is 1.70. The molecular formula is C19H29N5O2. The highest BCUT2D eigenvalue weighted by molar-refractivity contribution is 5.84. The molecule has 0 saturated heterocycles. The molecule has 7 nitrogen and oxygen atoms in total. The smallest absolute Gasteiger partial charge is 0.228 e. The summed E-state index contributed by atoms with van der Waals surface area (Å²) in [4.78, 5) is 15.1. The molecule has 2 unspecified atom stereocenters. The van der Waals surface area contributed by atoms with Crippen molar-refractivity contribution in [3.63, 3.8) is 0 Å². The van der Waals surface area contributed by atoms with Gasteiger partial charge in [0.05, 0.1) is 17.6 Å². The number of aryl methyl sites for hydroxylation is 1. The third-order valence-electron chi connectivity index (χ3n) is 7.56. The molecule has 142 valence electrons. The number of nitrogens with one attached hydrogen (secondary N) is 1. The van der Waals surface area contributed by atoms with Gasteiger partial charge in [0, 0.05) is 12.6 Å². The second-order valence-electron chi connectivity index (χ2n) is 9.61. The summed E-state index contributed by atoms with van der Waals surface area (Å²) in [6.45, 7) is 2.43. The Morgan fingerprint density at radius 2 is 2.00 bits per heavy atom. The molecule has 1 amide bonds. The van der Waals surface area contributed by atoms with E-state index in [1.54, 1.807) is 7.11 Å². The van der Waals surface area contributed by atoms with Crippen LogP contribution in [0.4, 0.5) is 0 Å². The van der Waals surface area contributed by atoms with E-state index in [0.717, 1.165) is 57.2 Å². The minimum absolute atomic E-state index is 0.0628. The number of rotatable bonds is 5. The highest BCUT2D eigenvalue weighted by Crippen LogP contribution is 2.60. The maximum atomic E-state index is 13.2. The molecule has 1 aromatic rings. The zero-order chi connectivity index (χ0) is 18.0. The van der Waals surface area contributed by atoms with Crippen LogP contribution in [-0.4, -0.2) is 45.4 Å². The number of aromatic nitrogens is 4. The van der Waals surface area contributed by atoms with Gasteiger partial charge in [0.2, 0.25) is 5.91 Å². The first kappa shape index (κ1) is 16.7. The molecule has 0 spiro atoms. The Hall–Kier alpha value is -1.50. The fraction of sp³-hybridized carbons (Fsp3) is 0.895. The molecule has 4 bridgehead atoms. The molecule has 0 aromatic carbocycles. The second-order valence-corrected chi connectivity index (χ2v) is 9.61. The lowest BCUT2D eigenvalue weighted by molar-refractivity contribution is -0.149. The van der Waals surface area contributed by atoms with E-state index < -0.39 is 0 Å². The molecule has 6 rings (SSSR count). The average molecular weight is 359 g/mol. The van der Waals surface area contributed by atoms with Gasteiger partial charge >= 0.3 is 0 Å². The molecule has 5 fully saturated rings. The fourth-order valence-corrected chi connectivity index (χ4v) is 6.77. The van der Waals surface area contributed by atoms with Crippen molar-refractivity contribution in [3.8, 4) is 0 Å². The predicted octanol–water partition coefficient (Wildman–Crippen LogP) is 1.96. The maximum Gasteiger partial charge on any atom is 0.228 e. The first-order chi connectivity index (χ1) is 12.5. The van der Waals surface area contributed by atoms with Crippen molar-refractivity contribution in [1.29, 1.82) is 0 Å². The molecule has 0 aliphatic heterocycles. The third-order valence-corrected chi connectivity index (χ3v) is 7.56. The number of hydrogen-bond donors (Lipinski definition) is 1. The number of carbonyl (C=O) groups excluding carboxylic acids is 1. The lowest BCUT2D eigenvalue weighted by atomic mass is 9.49. The Morgan fingerprint density at radius 1 is 1.27 bits per heavy atom. The van der Waals surface area contributed by atoms with Gasteiger partial charge < -0.3 is 10.1 Å². The van der Waals surface area contributed by atoms with Gasteiger partial charge in [0.15, 0.2) is 5.82 Å². The highest BCUT2D eigenvalue weighted by Gasteiger charge is 2.61. The van der Waals surface area contributed by atoms with Crippen molar-refractivity contribution in [2.45, 2.75) is 75.8 Å². The zero-order valence-electron chi connectivity index (χ0n) is 15.8. The monoisotopic (exact) mass is 359 g/mol. The number of nitrogens with zero attached hydrogens (tertiary/aromatic N) is 4. The van der Waals surface area contributed by atoms with Crippen LogP contribution in [0.3, 0.4) is 0 Å². The lowest BCUT2D eigenvalue weighted by Gasteiger charge is -2.61. The average Bonchev–Trinajstić information content (AvgIpc) is 2.96. The Bertz CT molecular complexity index is 711. The van der Waals surface area contributed by atoms with E-state index in [1.165, 1.54) is 6.42 Å². The molecule has 0 radical (unpaired) electrons. The van der Waals surface area contributed by atoms with Gasteiger partial charge in [-0.1, -0.05) is 6.42 Å². The molecule has 7 heteroatoms. The Balaban J connectivity index is 1.43. The highest BCUT2D eigenvalue weighted by atomic mass is 16.5. The van der Waals surface area contributed by atoms with Crippen LogP contribution in [0.25, 0.3) is 0 Å². The van der Waals surface area contributed by atoms with Gasteiger partial charge in [-0.25, -0.2) is 0 Å². The molecule has 5 aliphatic rings. The summed E-state index contributed by atoms with van der Waals surface area (Å²) >= 11 is 0.